The number of hydrogen-bond acceptors (Lipinski definition) is 1. The van der Waals surface area contributed by atoms with Crippen molar-refractivity contribution in [2.24, 2.45) is 0 Å². The maximum absolute atomic E-state index is 2.39. The average Bonchev–Trinajstić information content (AvgIpc) is 1.69. The fourth-order valence-corrected chi connectivity index (χ4v) is 1.05. The molecule has 1 nitrogen and oxygen atoms in total. The number of piperidine rings is 1. The molecule has 1 aliphatic heterocycles. The van der Waals surface area contributed by atoms with Crippen LogP contribution >= 0.6 is 0 Å². The minimum absolute atomic E-state index is 0. The van der Waals surface area contributed by atoms with Gasteiger partial charge < -0.3 is 4.90 Å². The summed E-state index contributed by atoms with van der Waals surface area (Å²) in [6, 6.07) is 0. The standard InChI is InChI=1S/C6H13N.H/c1-7-5-3-2-4-6-7;/h2-6H2,1H3;/i;1+1. The van der Waals surface area contributed by atoms with Crippen molar-refractivity contribution in [1.29, 1.82) is 0 Å². The Morgan fingerprint density at radius 1 is 1.14 bits per heavy atom. The molecule has 7 heavy (non-hydrogen) atoms. The minimum Gasteiger partial charge on any atom is -0.306 e. The van der Waals surface area contributed by atoms with Crippen LogP contribution in [0.2, 0.25) is 0 Å². The van der Waals surface area contributed by atoms with E-state index in [4.69, 9.17) is 0 Å². The van der Waals surface area contributed by atoms with Gasteiger partial charge in [-0.1, -0.05) is 6.42 Å². The molecule has 0 atom stereocenters. The second-order valence-corrected chi connectivity index (χ2v) is 2.36. The fraction of sp³-hybridized carbons (Fsp3) is 1.00. The molecule has 1 saturated heterocycles. The molecule has 0 spiro atoms. The summed E-state index contributed by atoms with van der Waals surface area (Å²) in [4.78, 5) is 2.39. The Hall–Kier alpha value is -0.0400. The number of likely N-dealkylation sites (tertiary alicyclic amines) is 1. The third kappa shape index (κ3) is 1.48. The van der Waals surface area contributed by atoms with E-state index in [1.54, 1.807) is 0 Å². The zero-order chi connectivity index (χ0) is 5.11. The van der Waals surface area contributed by atoms with Gasteiger partial charge in [0.2, 0.25) is 0 Å². The molecule has 1 radical (unpaired) electrons. The molecule has 0 N–H and O–H groups in total. The first-order valence-corrected chi connectivity index (χ1v) is 3.08. The number of nitrogens with zero attached hydrogens (tertiary/aromatic N) is 1. The summed E-state index contributed by atoms with van der Waals surface area (Å²) < 4.78 is 0. The van der Waals surface area contributed by atoms with Gasteiger partial charge in [0.15, 0.2) is 0 Å². The summed E-state index contributed by atoms with van der Waals surface area (Å²) in [7, 11) is 2.19. The molecular formula is C6H14N. The smallest absolute Gasteiger partial charge is 0 e. The lowest BCUT2D eigenvalue weighted by molar-refractivity contribution is 0.277. The van der Waals surface area contributed by atoms with Crippen molar-refractivity contribution in [3.05, 3.63) is 0 Å². The van der Waals surface area contributed by atoms with E-state index >= 15 is 0 Å². The van der Waals surface area contributed by atoms with Crippen LogP contribution in [0.4, 0.5) is 0 Å². The Morgan fingerprint density at radius 2 is 1.71 bits per heavy atom. The van der Waals surface area contributed by atoms with Gasteiger partial charge >= 0.3 is 0 Å². The van der Waals surface area contributed by atoms with E-state index < -0.39 is 0 Å². The Labute approximate surface area is 46.8 Å². The van der Waals surface area contributed by atoms with E-state index in [1.165, 1.54) is 32.4 Å². The van der Waals surface area contributed by atoms with Crippen molar-refractivity contribution < 1.29 is 1.43 Å². The summed E-state index contributed by atoms with van der Waals surface area (Å²) >= 11 is 0. The van der Waals surface area contributed by atoms with Gasteiger partial charge in [0.1, 0.15) is 0 Å². The van der Waals surface area contributed by atoms with Gasteiger partial charge in [-0.05, 0) is 33.0 Å². The third-order valence-electron chi connectivity index (χ3n) is 1.58. The lowest BCUT2D eigenvalue weighted by Gasteiger charge is -2.20. The highest BCUT2D eigenvalue weighted by Crippen LogP contribution is 2.04. The van der Waals surface area contributed by atoms with Gasteiger partial charge in [0, 0.05) is 1.43 Å². The SMILES string of the molecule is CN1CCCCC1.[2H]. The van der Waals surface area contributed by atoms with Crippen LogP contribution in [-0.2, 0) is 0 Å². The van der Waals surface area contributed by atoms with Crippen molar-refractivity contribution in [3.8, 4) is 0 Å². The van der Waals surface area contributed by atoms with Crippen LogP contribution in [0.25, 0.3) is 0 Å². The van der Waals surface area contributed by atoms with Gasteiger partial charge in [-0.25, -0.2) is 0 Å². The van der Waals surface area contributed by atoms with Gasteiger partial charge in [0.05, 0.1) is 0 Å². The minimum atomic E-state index is 0. The quantitative estimate of drug-likeness (QED) is 0.443. The predicted octanol–water partition coefficient (Wildman–Crippen LogP) is 1.21. The van der Waals surface area contributed by atoms with Crippen molar-refractivity contribution in [2.45, 2.75) is 19.3 Å². The zero-order valence-electron chi connectivity index (χ0n) is 5.98. The summed E-state index contributed by atoms with van der Waals surface area (Å²) in [6.45, 7) is 2.64. The van der Waals surface area contributed by atoms with Crippen molar-refractivity contribution >= 4 is 0 Å². The van der Waals surface area contributed by atoms with Gasteiger partial charge in [-0.3, -0.25) is 0 Å². The van der Waals surface area contributed by atoms with Crippen molar-refractivity contribution in [3.63, 3.8) is 0 Å². The normalized spacial score (nSPS) is 25.3. The van der Waals surface area contributed by atoms with Crippen molar-refractivity contribution in [2.75, 3.05) is 20.1 Å². The van der Waals surface area contributed by atoms with E-state index in [2.05, 4.69) is 11.9 Å². The third-order valence-corrected chi connectivity index (χ3v) is 1.58. The van der Waals surface area contributed by atoms with E-state index in [9.17, 15) is 0 Å². The van der Waals surface area contributed by atoms with Crippen LogP contribution in [0.15, 0.2) is 0 Å². The van der Waals surface area contributed by atoms with Crippen LogP contribution in [0.5, 0.6) is 0 Å². The summed E-state index contributed by atoms with van der Waals surface area (Å²) in [5.41, 5.74) is 0. The molecule has 1 aliphatic rings. The van der Waals surface area contributed by atoms with Crippen LogP contribution in [0, 0.1) is 0 Å². The molecule has 0 saturated carbocycles. The lowest BCUT2D eigenvalue weighted by atomic mass is 10.1. The topological polar surface area (TPSA) is 3.24 Å². The molecule has 1 rings (SSSR count). The molecule has 0 aromatic heterocycles. The summed E-state index contributed by atoms with van der Waals surface area (Å²) in [5.74, 6) is 0. The van der Waals surface area contributed by atoms with Crippen LogP contribution in [0.1, 0.15) is 20.7 Å². The molecule has 0 bridgehead atoms. The Kier molecular flexibility index (Phi) is 1.69. The molecule has 43 valence electrons. The first-order chi connectivity index (χ1) is 3.39. The molecule has 0 unspecified atom stereocenters. The van der Waals surface area contributed by atoms with Gasteiger partial charge in [0.25, 0.3) is 0 Å². The summed E-state index contributed by atoms with van der Waals surface area (Å²) in [5, 5.41) is 0. The van der Waals surface area contributed by atoms with Gasteiger partial charge in [-0.2, -0.15) is 0 Å². The molecule has 0 aromatic rings. The maximum atomic E-state index is 2.39. The Morgan fingerprint density at radius 3 is 2.00 bits per heavy atom. The molecule has 0 aromatic carbocycles. The Balaban J connectivity index is 0.000000490. The molecule has 1 heterocycles. The first-order valence-electron chi connectivity index (χ1n) is 3.08. The predicted molar refractivity (Wildman–Crippen MR) is 32.5 cm³/mol. The van der Waals surface area contributed by atoms with Gasteiger partial charge in [-0.15, -0.1) is 0 Å². The highest BCUT2D eigenvalue weighted by atomic mass is 15.1. The molecule has 0 aliphatic carbocycles. The largest absolute Gasteiger partial charge is 0.306 e. The second-order valence-electron chi connectivity index (χ2n) is 2.36. The number of rotatable bonds is 0. The zero-order valence-corrected chi connectivity index (χ0v) is 4.98. The molecule has 0 amide bonds. The van der Waals surface area contributed by atoms with E-state index in [0.29, 0.717) is 0 Å². The van der Waals surface area contributed by atoms with Crippen LogP contribution < -0.4 is 0 Å². The average molecular weight is 101 g/mol. The highest BCUT2D eigenvalue weighted by molar-refractivity contribution is 4.58. The van der Waals surface area contributed by atoms with E-state index in [0.717, 1.165) is 0 Å². The Bertz CT molecular complexity index is 50.5. The molecule has 1 fully saturated rings. The van der Waals surface area contributed by atoms with E-state index in [1.807, 2.05) is 0 Å². The second kappa shape index (κ2) is 2.31. The number of hydrogen-bond donors (Lipinski definition) is 0. The van der Waals surface area contributed by atoms with Crippen molar-refractivity contribution in [1.82, 2.24) is 4.90 Å². The monoisotopic (exact) mass is 101 g/mol. The first kappa shape index (κ1) is 5.10. The van der Waals surface area contributed by atoms with E-state index in [-0.39, 0.29) is 1.43 Å². The maximum Gasteiger partial charge on any atom is 0 e. The van der Waals surface area contributed by atoms with Crippen LogP contribution in [0.3, 0.4) is 0 Å². The highest BCUT2D eigenvalue weighted by Gasteiger charge is 2.02. The fourth-order valence-electron chi connectivity index (χ4n) is 1.05. The molecule has 1 heteroatoms. The lowest BCUT2D eigenvalue weighted by Crippen LogP contribution is -2.24. The molecular weight excluding hydrogens is 86.1 g/mol. The van der Waals surface area contributed by atoms with Crippen LogP contribution in [-0.4, -0.2) is 25.0 Å². The summed E-state index contributed by atoms with van der Waals surface area (Å²) in [6.07, 6.45) is 4.28.